The molecule has 0 radical (unpaired) electrons. The topological polar surface area (TPSA) is 124 Å². The fourth-order valence-electron chi connectivity index (χ4n) is 1.27. The van der Waals surface area contributed by atoms with Crippen molar-refractivity contribution in [2.75, 3.05) is 24.3 Å². The van der Waals surface area contributed by atoms with Gasteiger partial charge in [-0.1, -0.05) is 9.97 Å². The molecule has 1 aromatic rings. The van der Waals surface area contributed by atoms with Crippen LogP contribution < -0.4 is 26.8 Å². The highest BCUT2D eigenvalue weighted by atomic mass is 16.6. The van der Waals surface area contributed by atoms with Crippen molar-refractivity contribution >= 4 is 23.8 Å². The Hall–Kier alpha value is -2.16. The van der Waals surface area contributed by atoms with E-state index < -0.39 is 0 Å². The summed E-state index contributed by atoms with van der Waals surface area (Å²) in [4.78, 5) is 20.0. The molecule has 0 unspecified atom stereocenters. The molecule has 0 saturated heterocycles. The third kappa shape index (κ3) is 5.34. The van der Waals surface area contributed by atoms with E-state index in [0.717, 1.165) is 6.54 Å². The number of aliphatic imine (C=N–C) groups is 1. The number of hydrogen-bond donors (Lipinski definition) is 4. The molecule has 0 amide bonds. The number of nitrogens with one attached hydrogen (secondary N) is 4. The number of guanidine groups is 1. The van der Waals surface area contributed by atoms with E-state index in [9.17, 15) is 0 Å². The Morgan fingerprint density at radius 3 is 2.68 bits per heavy atom. The van der Waals surface area contributed by atoms with Gasteiger partial charge in [0.25, 0.3) is 0 Å². The number of hydrogen-bond acceptors (Lipinski definition) is 6. The second-order valence-corrected chi connectivity index (χ2v) is 3.98. The Kier molecular flexibility index (Phi) is 5.73. The van der Waals surface area contributed by atoms with Crippen molar-refractivity contribution in [1.29, 1.82) is 0 Å². The molecule has 0 aliphatic rings. The van der Waals surface area contributed by atoms with E-state index in [-0.39, 0.29) is 17.9 Å². The normalized spacial score (nSPS) is 11.5. The summed E-state index contributed by atoms with van der Waals surface area (Å²) in [6.45, 7) is 6.71. The second-order valence-electron chi connectivity index (χ2n) is 3.98. The minimum absolute atomic E-state index is 0.0756. The van der Waals surface area contributed by atoms with Gasteiger partial charge in [-0.3, -0.25) is 4.84 Å². The molecule has 1 rings (SSSR count). The van der Waals surface area contributed by atoms with Crippen LogP contribution in [-0.4, -0.2) is 35.6 Å². The van der Waals surface area contributed by atoms with E-state index in [4.69, 9.17) is 5.73 Å². The Labute approximate surface area is 112 Å². The van der Waals surface area contributed by atoms with Gasteiger partial charge in [0.15, 0.2) is 0 Å². The zero-order chi connectivity index (χ0) is 14.3. The van der Waals surface area contributed by atoms with Gasteiger partial charge in [0, 0.05) is 6.54 Å². The maximum Gasteiger partial charge on any atom is 0.350 e. The first-order valence-corrected chi connectivity index (χ1v) is 6.00. The van der Waals surface area contributed by atoms with Crippen LogP contribution in [0.2, 0.25) is 0 Å². The molecule has 0 bridgehead atoms. The molecule has 106 valence electrons. The van der Waals surface area contributed by atoms with Gasteiger partial charge < -0.3 is 16.4 Å². The summed E-state index contributed by atoms with van der Waals surface area (Å²) < 4.78 is 0. The van der Waals surface area contributed by atoms with Crippen LogP contribution in [0.1, 0.15) is 20.8 Å². The zero-order valence-corrected chi connectivity index (χ0v) is 11.6. The summed E-state index contributed by atoms with van der Waals surface area (Å²) in [6, 6.07) is 0.229. The molecule has 1 heterocycles. The monoisotopic (exact) mass is 269 g/mol. The summed E-state index contributed by atoms with van der Waals surface area (Å²) >= 11 is 0. The minimum Gasteiger partial charge on any atom is -0.368 e. The number of rotatable bonds is 6. The maximum atomic E-state index is 5.57. The molecule has 0 aliphatic heterocycles. The van der Waals surface area contributed by atoms with Crippen LogP contribution in [0, 0.1) is 0 Å². The number of nitrogens with two attached hydrogens (primary N) is 1. The quantitative estimate of drug-likeness (QED) is 0.316. The number of nitrogens with zero attached hydrogens (tertiary/aromatic N) is 3. The molecule has 9 heteroatoms. The molecule has 0 saturated carbocycles. The largest absolute Gasteiger partial charge is 0.368 e. The van der Waals surface area contributed by atoms with Gasteiger partial charge in [-0.2, -0.15) is 4.99 Å². The van der Waals surface area contributed by atoms with E-state index in [2.05, 4.69) is 40.9 Å². The number of aromatic amines is 1. The number of H-pyrrole nitrogens is 1. The van der Waals surface area contributed by atoms with Crippen LogP contribution in [0.4, 0.5) is 17.8 Å². The average molecular weight is 269 g/mol. The molecule has 0 aromatic carbocycles. The zero-order valence-electron chi connectivity index (χ0n) is 11.6. The molecule has 0 spiro atoms. The van der Waals surface area contributed by atoms with Crippen LogP contribution in [0.3, 0.4) is 0 Å². The molecular weight excluding hydrogens is 248 g/mol. The maximum absolute atomic E-state index is 5.57. The lowest BCUT2D eigenvalue weighted by molar-refractivity contribution is -0.352. The number of hydroxylamine groups is 1. The first kappa shape index (κ1) is 14.9. The Morgan fingerprint density at radius 1 is 1.42 bits per heavy atom. The smallest absolute Gasteiger partial charge is 0.350 e. The van der Waals surface area contributed by atoms with E-state index >= 15 is 0 Å². The average Bonchev–Trinajstić information content (AvgIpc) is 2.28. The van der Waals surface area contributed by atoms with Gasteiger partial charge in [0.05, 0.1) is 13.2 Å². The highest BCUT2D eigenvalue weighted by Crippen LogP contribution is 2.08. The predicted molar refractivity (Wildman–Crippen MR) is 72.9 cm³/mol. The minimum atomic E-state index is 0.0756. The first-order chi connectivity index (χ1) is 9.05. The van der Waals surface area contributed by atoms with E-state index in [0.29, 0.717) is 11.9 Å². The fraction of sp³-hybridized carbons (Fsp3) is 0.600. The predicted octanol–water partition coefficient (Wildman–Crippen LogP) is -0.360. The van der Waals surface area contributed by atoms with E-state index in [1.807, 2.05) is 20.8 Å². The van der Waals surface area contributed by atoms with Crippen molar-refractivity contribution in [2.45, 2.75) is 26.8 Å². The molecule has 1 aromatic heterocycles. The van der Waals surface area contributed by atoms with E-state index in [1.165, 1.54) is 7.11 Å². The van der Waals surface area contributed by atoms with Crippen LogP contribution in [0.15, 0.2) is 4.99 Å². The molecule has 0 fully saturated rings. The Morgan fingerprint density at radius 2 is 2.11 bits per heavy atom. The van der Waals surface area contributed by atoms with Crippen molar-refractivity contribution in [3.8, 4) is 0 Å². The number of aromatic nitrogens is 3. The van der Waals surface area contributed by atoms with Crippen molar-refractivity contribution in [2.24, 2.45) is 10.7 Å². The molecule has 9 nitrogen and oxygen atoms in total. The first-order valence-electron chi connectivity index (χ1n) is 6.00. The lowest BCUT2D eigenvalue weighted by atomic mass is 10.4. The summed E-state index contributed by atoms with van der Waals surface area (Å²) in [5.41, 5.74) is 7.98. The summed E-state index contributed by atoms with van der Waals surface area (Å²) in [6.07, 6.45) is 0. The van der Waals surface area contributed by atoms with Gasteiger partial charge in [-0.25, -0.2) is 10.5 Å². The lowest BCUT2D eigenvalue weighted by Crippen LogP contribution is -2.30. The van der Waals surface area contributed by atoms with Gasteiger partial charge in [-0.15, -0.1) is 0 Å². The molecule has 0 aliphatic carbocycles. The summed E-state index contributed by atoms with van der Waals surface area (Å²) in [7, 11) is 1.44. The third-order valence-electron chi connectivity index (χ3n) is 1.86. The van der Waals surface area contributed by atoms with E-state index in [1.54, 1.807) is 0 Å². The van der Waals surface area contributed by atoms with Crippen molar-refractivity contribution < 1.29 is 9.82 Å². The Balaban J connectivity index is 3.01. The third-order valence-corrected chi connectivity index (χ3v) is 1.86. The molecule has 19 heavy (non-hydrogen) atoms. The van der Waals surface area contributed by atoms with Gasteiger partial charge in [-0.05, 0) is 20.8 Å². The van der Waals surface area contributed by atoms with Gasteiger partial charge in [0.2, 0.25) is 5.96 Å². The van der Waals surface area contributed by atoms with Crippen LogP contribution in [-0.2, 0) is 4.84 Å². The lowest BCUT2D eigenvalue weighted by Gasteiger charge is -2.05. The van der Waals surface area contributed by atoms with Crippen molar-refractivity contribution in [1.82, 2.24) is 15.4 Å². The van der Waals surface area contributed by atoms with Crippen molar-refractivity contribution in [3.63, 3.8) is 0 Å². The van der Waals surface area contributed by atoms with Gasteiger partial charge >= 0.3 is 17.8 Å². The van der Waals surface area contributed by atoms with Crippen LogP contribution in [0.25, 0.3) is 0 Å². The summed E-state index contributed by atoms with van der Waals surface area (Å²) in [5.74, 6) is 1.42. The second kappa shape index (κ2) is 7.31. The molecule has 6 N–H and O–H groups in total. The Bertz CT molecular complexity index is 434. The van der Waals surface area contributed by atoms with Crippen LogP contribution >= 0.6 is 0 Å². The highest BCUT2D eigenvalue weighted by molar-refractivity contribution is 5.78. The van der Waals surface area contributed by atoms with Crippen molar-refractivity contribution in [3.05, 3.63) is 0 Å². The fourth-order valence-corrected chi connectivity index (χ4v) is 1.27. The standard InChI is InChI=1S/C10H20N8O/c1-5-12-8-15-9(13-6(2)3)17-10(16-8)14-7(11)18-19-4/h6H,5H2,1-4H3,(H5,11,12,13,14,15,16,17,18)/p+1. The molecular formula is C10H21N8O+. The van der Waals surface area contributed by atoms with Crippen LogP contribution in [0.5, 0.6) is 0 Å². The highest BCUT2D eigenvalue weighted by Gasteiger charge is 2.13. The SMILES string of the molecule is CCNc1nc(N=C(N)NOC)nc(NC(C)C)[nH+]1. The number of anilines is 2. The summed E-state index contributed by atoms with van der Waals surface area (Å²) in [5, 5.41) is 6.20. The molecule has 0 atom stereocenters. The van der Waals surface area contributed by atoms with Gasteiger partial charge in [0.1, 0.15) is 0 Å².